The molecule has 11 heteroatoms. The Balaban J connectivity index is 1.96. The molecule has 1 aliphatic heterocycles. The molecule has 0 aliphatic carbocycles. The van der Waals surface area contributed by atoms with Crippen molar-refractivity contribution < 1.29 is 22.7 Å². The number of hydrogen-bond acceptors (Lipinski definition) is 6. The van der Waals surface area contributed by atoms with E-state index >= 15 is 0 Å². The summed E-state index contributed by atoms with van der Waals surface area (Å²) in [5, 5.41) is 12.7. The van der Waals surface area contributed by atoms with Crippen LogP contribution in [0.3, 0.4) is 0 Å². The topological polar surface area (TPSA) is 122 Å². The number of rotatable bonds is 4. The molecule has 3 rings (SSSR count). The van der Waals surface area contributed by atoms with Crippen molar-refractivity contribution in [3.63, 3.8) is 0 Å². The second-order valence-electron chi connectivity index (χ2n) is 6.82. The molecule has 0 saturated carbocycles. The molecule has 1 aliphatic rings. The van der Waals surface area contributed by atoms with Gasteiger partial charge in [0.2, 0.25) is 21.7 Å². The van der Waals surface area contributed by atoms with Crippen LogP contribution in [0.25, 0.3) is 0 Å². The van der Waals surface area contributed by atoms with E-state index in [9.17, 15) is 27.5 Å². The lowest BCUT2D eigenvalue weighted by Crippen LogP contribution is -2.42. The van der Waals surface area contributed by atoms with E-state index in [2.05, 4.69) is 10.3 Å². The largest absolute Gasteiger partial charge is 0.501 e. The van der Waals surface area contributed by atoms with E-state index in [1.807, 2.05) is 0 Å². The average molecular weight is 424 g/mol. The van der Waals surface area contributed by atoms with Crippen molar-refractivity contribution in [2.75, 3.05) is 16.6 Å². The Morgan fingerprint density at radius 2 is 1.93 bits per heavy atom. The SMILES string of the molecule is CC(NC(=O)c1nc(N2CCCCS2(=O)=O)n(C)c(=O)c1O)c1ccc(F)cc1. The van der Waals surface area contributed by atoms with Crippen LogP contribution in [0.1, 0.15) is 41.9 Å². The minimum absolute atomic E-state index is 0.0904. The van der Waals surface area contributed by atoms with Crippen LogP contribution in [0, 0.1) is 5.82 Å². The van der Waals surface area contributed by atoms with Crippen molar-refractivity contribution in [2.24, 2.45) is 7.05 Å². The lowest BCUT2D eigenvalue weighted by Gasteiger charge is -2.28. The third-order valence-corrected chi connectivity index (χ3v) is 6.57. The number of sulfonamides is 1. The molecule has 1 aromatic heterocycles. The summed E-state index contributed by atoms with van der Waals surface area (Å²) < 4.78 is 39.7. The van der Waals surface area contributed by atoms with Gasteiger partial charge in [-0.2, -0.15) is 0 Å². The lowest BCUT2D eigenvalue weighted by atomic mass is 10.1. The van der Waals surface area contributed by atoms with Gasteiger partial charge in [-0.3, -0.25) is 14.2 Å². The van der Waals surface area contributed by atoms with Crippen LogP contribution in [0.4, 0.5) is 10.3 Å². The normalized spacial score (nSPS) is 17.0. The van der Waals surface area contributed by atoms with Gasteiger partial charge in [0.1, 0.15) is 5.82 Å². The van der Waals surface area contributed by atoms with Crippen LogP contribution in [0.2, 0.25) is 0 Å². The Morgan fingerprint density at radius 1 is 1.28 bits per heavy atom. The zero-order valence-electron chi connectivity index (χ0n) is 15.9. The van der Waals surface area contributed by atoms with Crippen LogP contribution in [-0.4, -0.2) is 41.3 Å². The molecule has 9 nitrogen and oxygen atoms in total. The number of aromatic nitrogens is 2. The number of halogens is 1. The number of anilines is 1. The maximum Gasteiger partial charge on any atom is 0.297 e. The van der Waals surface area contributed by atoms with Crippen molar-refractivity contribution in [3.05, 3.63) is 51.7 Å². The molecule has 156 valence electrons. The average Bonchev–Trinajstić information content (AvgIpc) is 2.67. The van der Waals surface area contributed by atoms with Gasteiger partial charge in [0, 0.05) is 13.6 Å². The highest BCUT2D eigenvalue weighted by Crippen LogP contribution is 2.23. The fourth-order valence-corrected chi connectivity index (χ4v) is 4.68. The molecule has 0 radical (unpaired) electrons. The zero-order valence-corrected chi connectivity index (χ0v) is 16.7. The first-order valence-corrected chi connectivity index (χ1v) is 10.6. The first-order valence-electron chi connectivity index (χ1n) is 8.98. The summed E-state index contributed by atoms with van der Waals surface area (Å²) in [6.45, 7) is 1.76. The number of nitrogens with zero attached hydrogens (tertiary/aromatic N) is 3. The van der Waals surface area contributed by atoms with Crippen LogP contribution in [-0.2, 0) is 17.1 Å². The molecule has 1 atom stereocenters. The monoisotopic (exact) mass is 424 g/mol. The summed E-state index contributed by atoms with van der Waals surface area (Å²) in [7, 11) is -2.40. The maximum absolute atomic E-state index is 13.1. The highest BCUT2D eigenvalue weighted by atomic mass is 32.2. The first kappa shape index (κ1) is 20.8. The molecule has 2 heterocycles. The van der Waals surface area contributed by atoms with Crippen LogP contribution >= 0.6 is 0 Å². The van der Waals surface area contributed by atoms with Gasteiger partial charge in [-0.05, 0) is 37.5 Å². The zero-order chi connectivity index (χ0) is 21.3. The molecular weight excluding hydrogens is 403 g/mol. The van der Waals surface area contributed by atoms with E-state index in [0.717, 1.165) is 8.87 Å². The first-order chi connectivity index (χ1) is 13.6. The molecular formula is C18H21FN4O5S. The molecule has 2 aromatic rings. The Morgan fingerprint density at radius 3 is 2.55 bits per heavy atom. The van der Waals surface area contributed by atoms with Crippen molar-refractivity contribution in [1.29, 1.82) is 0 Å². The molecule has 2 N–H and O–H groups in total. The summed E-state index contributed by atoms with van der Waals surface area (Å²) in [4.78, 5) is 29.0. The minimum atomic E-state index is -3.68. The third-order valence-electron chi connectivity index (χ3n) is 4.75. The van der Waals surface area contributed by atoms with Gasteiger partial charge >= 0.3 is 0 Å². The Kier molecular flexibility index (Phi) is 5.60. The van der Waals surface area contributed by atoms with E-state index in [0.29, 0.717) is 18.4 Å². The van der Waals surface area contributed by atoms with Crippen LogP contribution < -0.4 is 15.2 Å². The lowest BCUT2D eigenvalue weighted by molar-refractivity contribution is 0.0931. The molecule has 0 bridgehead atoms. The van der Waals surface area contributed by atoms with Gasteiger partial charge in [-0.1, -0.05) is 12.1 Å². The summed E-state index contributed by atoms with van der Waals surface area (Å²) in [5.74, 6) is -2.48. The number of amides is 1. The summed E-state index contributed by atoms with van der Waals surface area (Å²) >= 11 is 0. The fraction of sp³-hybridized carbons (Fsp3) is 0.389. The molecule has 1 fully saturated rings. The van der Waals surface area contributed by atoms with E-state index in [1.165, 1.54) is 31.3 Å². The van der Waals surface area contributed by atoms with E-state index in [1.54, 1.807) is 6.92 Å². The van der Waals surface area contributed by atoms with Gasteiger partial charge in [0.15, 0.2) is 5.69 Å². The quantitative estimate of drug-likeness (QED) is 0.757. The van der Waals surface area contributed by atoms with Crippen molar-refractivity contribution in [1.82, 2.24) is 14.9 Å². The summed E-state index contributed by atoms with van der Waals surface area (Å²) in [5.41, 5.74) is -0.907. The van der Waals surface area contributed by atoms with E-state index in [-0.39, 0.29) is 18.2 Å². The second kappa shape index (κ2) is 7.82. The van der Waals surface area contributed by atoms with Crippen molar-refractivity contribution in [2.45, 2.75) is 25.8 Å². The minimum Gasteiger partial charge on any atom is -0.501 e. The number of aromatic hydroxyl groups is 1. The van der Waals surface area contributed by atoms with Gasteiger partial charge in [-0.15, -0.1) is 0 Å². The molecule has 0 spiro atoms. The smallest absolute Gasteiger partial charge is 0.297 e. The summed E-state index contributed by atoms with van der Waals surface area (Å²) in [6.07, 6.45) is 1.08. The number of carbonyl (C=O) groups excluding carboxylic acids is 1. The predicted octanol–water partition coefficient (Wildman–Crippen LogP) is 1.05. The molecule has 1 amide bonds. The summed E-state index contributed by atoms with van der Waals surface area (Å²) in [6, 6.07) is 4.89. The number of hydrogen-bond donors (Lipinski definition) is 2. The molecule has 1 saturated heterocycles. The second-order valence-corrected chi connectivity index (χ2v) is 8.83. The maximum atomic E-state index is 13.1. The van der Waals surface area contributed by atoms with Crippen molar-refractivity contribution >= 4 is 21.9 Å². The Bertz CT molecular complexity index is 1100. The molecule has 1 unspecified atom stereocenters. The molecule has 29 heavy (non-hydrogen) atoms. The Hall–Kier alpha value is -2.95. The third kappa shape index (κ3) is 4.09. The van der Waals surface area contributed by atoms with E-state index in [4.69, 9.17) is 0 Å². The van der Waals surface area contributed by atoms with Crippen LogP contribution in [0.5, 0.6) is 5.75 Å². The van der Waals surface area contributed by atoms with Gasteiger partial charge in [-0.25, -0.2) is 22.1 Å². The highest BCUT2D eigenvalue weighted by molar-refractivity contribution is 7.92. The fourth-order valence-electron chi connectivity index (χ4n) is 3.07. The van der Waals surface area contributed by atoms with Gasteiger partial charge in [0.05, 0.1) is 11.8 Å². The number of nitrogens with one attached hydrogen (secondary N) is 1. The number of benzene rings is 1. The van der Waals surface area contributed by atoms with Crippen molar-refractivity contribution in [3.8, 4) is 5.75 Å². The van der Waals surface area contributed by atoms with Gasteiger partial charge < -0.3 is 10.4 Å². The standard InChI is InChI=1S/C18H21FN4O5S/c1-11(12-5-7-13(19)8-6-12)20-16(25)14-15(24)17(26)22(2)18(21-14)23-9-3-4-10-29(23,27)28/h5-8,11,24H,3-4,9-10H2,1-2H3,(H,20,25). The highest BCUT2D eigenvalue weighted by Gasteiger charge is 2.31. The molecule has 1 aromatic carbocycles. The predicted molar refractivity (Wildman–Crippen MR) is 104 cm³/mol. The van der Waals surface area contributed by atoms with Gasteiger partial charge in [0.25, 0.3) is 11.5 Å². The Labute approximate surface area is 166 Å². The number of carbonyl (C=O) groups is 1. The van der Waals surface area contributed by atoms with Crippen LogP contribution in [0.15, 0.2) is 29.1 Å². The van der Waals surface area contributed by atoms with E-state index < -0.39 is 44.8 Å².